The second-order valence-corrected chi connectivity index (χ2v) is 12.8. The molecule has 0 spiro atoms. The molecule has 3 aliphatic heterocycles. The molecule has 0 saturated carbocycles. The van der Waals surface area contributed by atoms with Gasteiger partial charge in [0.05, 0.1) is 51.3 Å². The van der Waals surface area contributed by atoms with Gasteiger partial charge in [0.2, 0.25) is 5.91 Å². The van der Waals surface area contributed by atoms with Crippen molar-refractivity contribution in [2.75, 3.05) is 57.8 Å². The molecule has 2 saturated heterocycles. The van der Waals surface area contributed by atoms with Gasteiger partial charge in [-0.05, 0) is 54.6 Å². The number of carbonyl (C=O) groups excluding carboxylic acids is 2. The Balaban J connectivity index is 0.835. The summed E-state index contributed by atoms with van der Waals surface area (Å²) >= 11 is 1.90. The molecule has 2 aromatic carbocycles. The van der Waals surface area contributed by atoms with Crippen molar-refractivity contribution in [3.8, 4) is 22.8 Å². The van der Waals surface area contributed by atoms with Crippen molar-refractivity contribution >= 4 is 46.0 Å². The van der Waals surface area contributed by atoms with Gasteiger partial charge in [0.1, 0.15) is 18.2 Å². The number of methoxy groups -OCH3 is 1. The average molecular weight is 669 g/mol. The lowest BCUT2D eigenvalue weighted by molar-refractivity contribution is -0.121. The van der Waals surface area contributed by atoms with Gasteiger partial charge in [-0.1, -0.05) is 12.5 Å². The molecule has 0 aromatic heterocycles. The highest BCUT2D eigenvalue weighted by molar-refractivity contribution is 8.00. The van der Waals surface area contributed by atoms with Crippen molar-refractivity contribution in [3.63, 3.8) is 0 Å². The van der Waals surface area contributed by atoms with E-state index in [2.05, 4.69) is 31.5 Å². The summed E-state index contributed by atoms with van der Waals surface area (Å²) in [6.07, 6.45) is 3.29. The first-order valence-electron chi connectivity index (χ1n) is 16.0. The number of ether oxygens (including phenoxy) is 4. The van der Waals surface area contributed by atoms with Crippen LogP contribution in [0.25, 0.3) is 22.0 Å². The third-order valence-corrected chi connectivity index (χ3v) is 9.87. The number of anilines is 2. The highest BCUT2D eigenvalue weighted by Crippen LogP contribution is 2.43. The first-order valence-corrected chi connectivity index (χ1v) is 17.0. The molecule has 6 N–H and O–H groups in total. The number of hydrogen-bond acceptors (Lipinski definition) is 8. The summed E-state index contributed by atoms with van der Waals surface area (Å²) in [6, 6.07) is 12.6. The number of H-pyrrole nitrogens is 2. The van der Waals surface area contributed by atoms with Crippen LogP contribution in [0.3, 0.4) is 0 Å². The third-order valence-electron chi connectivity index (χ3n) is 8.36. The summed E-state index contributed by atoms with van der Waals surface area (Å²) in [4.78, 5) is 23.6. The highest BCUT2D eigenvalue weighted by Gasteiger charge is 2.42. The fourth-order valence-corrected chi connectivity index (χ4v) is 7.59. The number of fused-ring (bicyclic) bond motifs is 4. The number of thioether (sulfide) groups is 1. The fraction of sp³-hybridized carbons (Fsp3) is 0.455. The normalized spacial score (nSPS) is 18.7. The van der Waals surface area contributed by atoms with Gasteiger partial charge < -0.3 is 40.2 Å². The number of halogens is 1. The van der Waals surface area contributed by atoms with E-state index in [4.69, 9.17) is 18.9 Å². The zero-order valence-electron chi connectivity index (χ0n) is 26.3. The molecule has 1 aliphatic carbocycles. The minimum Gasteiger partial charge on any atom is -0.493 e. The molecule has 252 valence electrons. The van der Waals surface area contributed by atoms with Crippen LogP contribution in [0.1, 0.15) is 25.7 Å². The van der Waals surface area contributed by atoms with Crippen molar-refractivity contribution in [1.82, 2.24) is 26.1 Å². The smallest absolute Gasteiger partial charge is 0.315 e. The number of hydrogen-bond donors (Lipinski definition) is 6. The maximum absolute atomic E-state index is 13.6. The molecular formula is C33H41FN6O6S. The number of nitrogens with one attached hydrogen (secondary N) is 6. The Hall–Kier alpha value is -4.14. The summed E-state index contributed by atoms with van der Waals surface area (Å²) in [5, 5.41) is 20.8. The van der Waals surface area contributed by atoms with Gasteiger partial charge in [0, 0.05) is 40.6 Å². The van der Waals surface area contributed by atoms with Crippen molar-refractivity contribution in [2.45, 2.75) is 43.0 Å². The molecule has 6 rings (SSSR count). The van der Waals surface area contributed by atoms with E-state index in [1.807, 2.05) is 30.0 Å². The van der Waals surface area contributed by atoms with Gasteiger partial charge in [-0.2, -0.15) is 11.8 Å². The molecule has 4 aliphatic rings. The molecule has 0 radical (unpaired) electrons. The predicted molar refractivity (Wildman–Crippen MR) is 180 cm³/mol. The van der Waals surface area contributed by atoms with Crippen LogP contribution in [0.15, 0.2) is 42.5 Å². The molecule has 14 heteroatoms. The summed E-state index contributed by atoms with van der Waals surface area (Å²) < 4.78 is 36.4. The second-order valence-electron chi connectivity index (χ2n) is 11.6. The van der Waals surface area contributed by atoms with E-state index in [0.29, 0.717) is 68.4 Å². The van der Waals surface area contributed by atoms with E-state index in [9.17, 15) is 14.0 Å². The van der Waals surface area contributed by atoms with Crippen LogP contribution in [0.2, 0.25) is 0 Å². The Bertz CT molecular complexity index is 1630. The molecule has 3 amide bonds. The first kappa shape index (κ1) is 32.8. The topological polar surface area (TPSA) is 151 Å². The molecule has 2 fully saturated rings. The van der Waals surface area contributed by atoms with Crippen LogP contribution in [-0.2, 0) is 14.3 Å². The first-order chi connectivity index (χ1) is 23.0. The zero-order chi connectivity index (χ0) is 32.6. The maximum Gasteiger partial charge on any atom is 0.315 e. The van der Waals surface area contributed by atoms with Gasteiger partial charge in [-0.25, -0.2) is 9.18 Å². The average Bonchev–Trinajstić information content (AvgIpc) is 3.82. The lowest BCUT2D eigenvalue weighted by Gasteiger charge is -2.16. The number of carbonyl (C=O) groups is 2. The Morgan fingerprint density at radius 3 is 2.70 bits per heavy atom. The monoisotopic (exact) mass is 668 g/mol. The van der Waals surface area contributed by atoms with Gasteiger partial charge in [0.15, 0.2) is 11.5 Å². The minimum absolute atomic E-state index is 0.0294. The van der Waals surface area contributed by atoms with Crippen LogP contribution in [0.5, 0.6) is 11.5 Å². The minimum atomic E-state index is -0.311. The number of rotatable bonds is 18. The van der Waals surface area contributed by atoms with Crippen molar-refractivity contribution in [2.24, 2.45) is 0 Å². The molecule has 2 aromatic rings. The lowest BCUT2D eigenvalue weighted by atomic mass is 10.0. The van der Waals surface area contributed by atoms with E-state index in [-0.39, 0.29) is 29.8 Å². The molecular weight excluding hydrogens is 627 g/mol. The number of urea groups is 1. The van der Waals surface area contributed by atoms with Crippen LogP contribution in [-0.4, -0.2) is 91.9 Å². The maximum atomic E-state index is 13.6. The molecule has 3 heterocycles. The summed E-state index contributed by atoms with van der Waals surface area (Å²) in [6.45, 7) is 2.42. The number of aromatic nitrogens is 2. The Morgan fingerprint density at radius 2 is 1.85 bits per heavy atom. The standard InChI is InChI=1S/C33H41FN6O6S/c1-43-26-18-23-20(15-24-30(23)39-40-32(24)36-22-6-4-5-21(34)17-22)16-27(26)46-14-13-45-12-11-44-10-9-35-29(41)8-3-2-7-28-31-25(19-47-28)37-33(42)38-31/h4-6,15-18,25,28,31,36,39-40H,2-3,7-14,19H2,1H3,(H,35,41)(H2,37,38,42). The summed E-state index contributed by atoms with van der Waals surface area (Å²) in [7, 11) is 1.60. The van der Waals surface area contributed by atoms with E-state index >= 15 is 0 Å². The fourth-order valence-electron chi connectivity index (χ4n) is 6.05. The number of amides is 3. The predicted octanol–water partition coefficient (Wildman–Crippen LogP) is 4.75. The molecule has 3 atom stereocenters. The molecule has 47 heavy (non-hydrogen) atoms. The van der Waals surface area contributed by atoms with Gasteiger partial charge >= 0.3 is 6.03 Å². The van der Waals surface area contributed by atoms with Gasteiger partial charge in [0.25, 0.3) is 0 Å². The largest absolute Gasteiger partial charge is 0.493 e. The lowest BCUT2D eigenvalue weighted by Crippen LogP contribution is -2.36. The molecule has 0 bridgehead atoms. The van der Waals surface area contributed by atoms with Crippen LogP contribution < -0.4 is 30.7 Å². The van der Waals surface area contributed by atoms with Crippen molar-refractivity contribution in [1.29, 1.82) is 0 Å². The molecule has 3 unspecified atom stereocenters. The van der Waals surface area contributed by atoms with Crippen molar-refractivity contribution in [3.05, 3.63) is 48.3 Å². The number of unbranched alkanes of at least 4 members (excludes halogenated alkanes) is 1. The Morgan fingerprint density at radius 1 is 1.00 bits per heavy atom. The second kappa shape index (κ2) is 15.6. The van der Waals surface area contributed by atoms with E-state index in [0.717, 1.165) is 52.9 Å². The number of aromatic amines is 2. The van der Waals surface area contributed by atoms with Crippen LogP contribution in [0, 0.1) is 5.82 Å². The third kappa shape index (κ3) is 8.24. The molecule has 12 nitrogen and oxygen atoms in total. The van der Waals surface area contributed by atoms with Crippen LogP contribution >= 0.6 is 11.8 Å². The van der Waals surface area contributed by atoms with Crippen molar-refractivity contribution < 1.29 is 32.9 Å². The quantitative estimate of drug-likeness (QED) is 0.0657. The van der Waals surface area contributed by atoms with Gasteiger partial charge in [-0.15, -0.1) is 0 Å². The Kier molecular flexibility index (Phi) is 10.9. The zero-order valence-corrected chi connectivity index (χ0v) is 27.1. The Labute approximate surface area is 276 Å². The van der Waals surface area contributed by atoms with E-state index in [1.165, 1.54) is 12.1 Å². The van der Waals surface area contributed by atoms with Crippen LogP contribution in [0.4, 0.5) is 20.7 Å². The highest BCUT2D eigenvalue weighted by atomic mass is 32.2. The van der Waals surface area contributed by atoms with E-state index < -0.39 is 0 Å². The van der Waals surface area contributed by atoms with Gasteiger partial charge in [-0.3, -0.25) is 15.0 Å². The number of benzene rings is 2. The summed E-state index contributed by atoms with van der Waals surface area (Å²) in [5.41, 5.74) is 2.47. The SMILES string of the molecule is COc1cc2c3[nH][nH]c(Nc4cccc(F)c4)c-3cc2cc1OCCOCCOCCNC(=O)CCCCC1SCC2NC(=O)NC21. The summed E-state index contributed by atoms with van der Waals surface area (Å²) in [5.74, 6) is 2.61. The van der Waals surface area contributed by atoms with E-state index in [1.54, 1.807) is 19.2 Å².